The molecule has 0 saturated carbocycles. The van der Waals surface area contributed by atoms with Crippen molar-refractivity contribution in [3.05, 3.63) is 0 Å². The second kappa shape index (κ2) is 3.20. The zero-order valence-corrected chi connectivity index (χ0v) is 11.2. The molecule has 0 atom stereocenters. The molecule has 0 aromatic heterocycles. The molecule has 0 bridgehead atoms. The standard InChI is InChI=1S/C8H20GeN4/c1-10-5-6-11(2)9(10)12(3)7-8-13(9)4/h5-8H2,1-4H3. The molecule has 4 nitrogen and oxygen atoms in total. The van der Waals surface area contributed by atoms with Crippen LogP contribution in [0.15, 0.2) is 0 Å². The second-order valence-corrected chi connectivity index (χ2v) is 13.2. The van der Waals surface area contributed by atoms with Gasteiger partial charge < -0.3 is 0 Å². The first-order valence-corrected chi connectivity index (χ1v) is 8.70. The molecule has 0 unspecified atom stereocenters. The van der Waals surface area contributed by atoms with Gasteiger partial charge in [-0.1, -0.05) is 0 Å². The average molecular weight is 245 g/mol. The minimum absolute atomic E-state index is 1.24. The molecule has 76 valence electrons. The molecule has 0 aromatic carbocycles. The van der Waals surface area contributed by atoms with Crippen molar-refractivity contribution in [3.63, 3.8) is 0 Å². The molecule has 2 heterocycles. The van der Waals surface area contributed by atoms with E-state index in [0.29, 0.717) is 0 Å². The van der Waals surface area contributed by atoms with Gasteiger partial charge in [0.2, 0.25) is 0 Å². The summed E-state index contributed by atoms with van der Waals surface area (Å²) in [5.74, 6) is 0. The monoisotopic (exact) mass is 246 g/mol. The summed E-state index contributed by atoms with van der Waals surface area (Å²) in [7, 11) is 9.17. The van der Waals surface area contributed by atoms with E-state index in [1.807, 2.05) is 0 Å². The molecule has 2 rings (SSSR count). The SMILES string of the molecule is C[N]1CC[N](C)[Ge]12[N](C)CC[N]2C. The van der Waals surface area contributed by atoms with Crippen LogP contribution in [-0.4, -0.2) is 84.0 Å². The van der Waals surface area contributed by atoms with Crippen molar-refractivity contribution in [1.29, 1.82) is 0 Å². The molecule has 2 saturated heterocycles. The first-order chi connectivity index (χ1) is 6.10. The topological polar surface area (TPSA) is 13.0 Å². The fourth-order valence-electron chi connectivity index (χ4n) is 2.95. The Morgan fingerprint density at radius 2 is 0.846 bits per heavy atom. The quantitative estimate of drug-likeness (QED) is 0.516. The van der Waals surface area contributed by atoms with E-state index in [1.54, 1.807) is 0 Å². The van der Waals surface area contributed by atoms with Crippen molar-refractivity contribution >= 4 is 14.2 Å². The summed E-state index contributed by atoms with van der Waals surface area (Å²) in [5.41, 5.74) is 0. The average Bonchev–Trinajstić information content (AvgIpc) is 2.53. The van der Waals surface area contributed by atoms with E-state index < -0.39 is 14.2 Å². The van der Waals surface area contributed by atoms with Gasteiger partial charge in [-0.25, -0.2) is 0 Å². The van der Waals surface area contributed by atoms with Crippen molar-refractivity contribution in [2.75, 3.05) is 54.4 Å². The van der Waals surface area contributed by atoms with Gasteiger partial charge in [-0.3, -0.25) is 0 Å². The Balaban J connectivity index is 2.34. The van der Waals surface area contributed by atoms with Gasteiger partial charge in [0.25, 0.3) is 0 Å². The van der Waals surface area contributed by atoms with Crippen LogP contribution in [0.25, 0.3) is 0 Å². The molecule has 2 aliphatic heterocycles. The first kappa shape index (κ1) is 9.92. The van der Waals surface area contributed by atoms with Crippen molar-refractivity contribution in [1.82, 2.24) is 15.4 Å². The van der Waals surface area contributed by atoms with Gasteiger partial charge in [-0.2, -0.15) is 0 Å². The summed E-state index contributed by atoms with van der Waals surface area (Å²) in [6.07, 6.45) is 0. The zero-order chi connectivity index (χ0) is 9.64. The van der Waals surface area contributed by atoms with Crippen LogP contribution >= 0.6 is 0 Å². The predicted molar refractivity (Wildman–Crippen MR) is 56.3 cm³/mol. The molecular formula is C8H20GeN4. The van der Waals surface area contributed by atoms with Crippen molar-refractivity contribution < 1.29 is 0 Å². The number of rotatable bonds is 0. The Labute approximate surface area is 84.3 Å². The third-order valence-electron chi connectivity index (χ3n) is 3.59. The van der Waals surface area contributed by atoms with Gasteiger partial charge in [0.1, 0.15) is 0 Å². The Kier molecular flexibility index (Phi) is 2.44. The zero-order valence-electron chi connectivity index (χ0n) is 9.12. The van der Waals surface area contributed by atoms with Gasteiger partial charge in [-0.05, 0) is 0 Å². The van der Waals surface area contributed by atoms with Gasteiger partial charge in [-0.15, -0.1) is 0 Å². The number of likely N-dealkylation sites (N-methyl/N-ethyl adjacent to an activating group) is 4. The Morgan fingerprint density at radius 3 is 1.08 bits per heavy atom. The van der Waals surface area contributed by atoms with Crippen LogP contribution in [0.4, 0.5) is 0 Å². The van der Waals surface area contributed by atoms with Gasteiger partial charge >= 0.3 is 84.0 Å². The molecule has 0 aliphatic carbocycles. The molecule has 1 spiro atoms. The van der Waals surface area contributed by atoms with Gasteiger partial charge in [0.15, 0.2) is 0 Å². The molecule has 13 heavy (non-hydrogen) atoms. The van der Waals surface area contributed by atoms with E-state index in [9.17, 15) is 0 Å². The molecule has 2 fully saturated rings. The summed E-state index contributed by atoms with van der Waals surface area (Å²) in [6.45, 7) is 4.96. The van der Waals surface area contributed by atoms with Crippen LogP contribution in [0.5, 0.6) is 0 Å². The maximum absolute atomic E-state index is 2.62. The molecular weight excluding hydrogens is 225 g/mol. The summed E-state index contributed by atoms with van der Waals surface area (Å²) in [6, 6.07) is 0. The molecule has 2 aliphatic rings. The third-order valence-corrected chi connectivity index (χ3v) is 14.1. The van der Waals surface area contributed by atoms with Crippen LogP contribution in [0, 0.1) is 0 Å². The van der Waals surface area contributed by atoms with Gasteiger partial charge in [0.05, 0.1) is 0 Å². The first-order valence-electron chi connectivity index (χ1n) is 4.95. The van der Waals surface area contributed by atoms with Crippen LogP contribution in [0.2, 0.25) is 0 Å². The number of hydrogen-bond acceptors (Lipinski definition) is 4. The maximum atomic E-state index is 2.62. The predicted octanol–water partition coefficient (Wildman–Crippen LogP) is -0.824. The number of nitrogens with zero attached hydrogens (tertiary/aromatic N) is 4. The normalized spacial score (nSPS) is 32.3. The fraction of sp³-hybridized carbons (Fsp3) is 1.00. The van der Waals surface area contributed by atoms with E-state index in [1.165, 1.54) is 26.2 Å². The Hall–Kier alpha value is 0.383. The number of hydrogen-bond donors (Lipinski definition) is 0. The van der Waals surface area contributed by atoms with E-state index in [2.05, 4.69) is 43.6 Å². The molecule has 0 amide bonds. The summed E-state index contributed by atoms with van der Waals surface area (Å²) in [4.78, 5) is 0. The molecule has 0 aromatic rings. The second-order valence-electron chi connectivity index (χ2n) is 4.29. The summed E-state index contributed by atoms with van der Waals surface area (Å²) in [5, 5.41) is 0. The fourth-order valence-corrected chi connectivity index (χ4v) is 13.6. The van der Waals surface area contributed by atoms with Crippen molar-refractivity contribution in [2.45, 2.75) is 0 Å². The van der Waals surface area contributed by atoms with E-state index in [4.69, 9.17) is 0 Å². The minimum atomic E-state index is -2.11. The van der Waals surface area contributed by atoms with Crippen molar-refractivity contribution in [2.24, 2.45) is 0 Å². The van der Waals surface area contributed by atoms with Gasteiger partial charge in [0, 0.05) is 0 Å². The Bertz CT molecular complexity index is 165. The van der Waals surface area contributed by atoms with Crippen molar-refractivity contribution in [3.8, 4) is 0 Å². The van der Waals surface area contributed by atoms with Crippen LogP contribution in [-0.2, 0) is 0 Å². The summed E-state index contributed by atoms with van der Waals surface area (Å²) >= 11 is -2.11. The third kappa shape index (κ3) is 1.13. The van der Waals surface area contributed by atoms with E-state index in [-0.39, 0.29) is 0 Å². The van der Waals surface area contributed by atoms with E-state index >= 15 is 0 Å². The molecule has 0 N–H and O–H groups in total. The van der Waals surface area contributed by atoms with Crippen LogP contribution in [0.3, 0.4) is 0 Å². The van der Waals surface area contributed by atoms with Crippen LogP contribution in [0.1, 0.15) is 0 Å². The van der Waals surface area contributed by atoms with E-state index in [0.717, 1.165) is 0 Å². The molecule has 0 radical (unpaired) electrons. The Morgan fingerprint density at radius 1 is 0.615 bits per heavy atom. The van der Waals surface area contributed by atoms with Crippen LogP contribution < -0.4 is 0 Å². The molecule has 5 heteroatoms. The summed E-state index contributed by atoms with van der Waals surface area (Å²) < 4.78 is 10.5.